The van der Waals surface area contributed by atoms with Crippen LogP contribution in [0.1, 0.15) is 65.2 Å². The first kappa shape index (κ1) is 36.8. The smallest absolute Gasteiger partial charge is 0.337 e. The summed E-state index contributed by atoms with van der Waals surface area (Å²) in [5.74, 6) is -1.16. The highest BCUT2D eigenvalue weighted by atomic mass is 32.2. The summed E-state index contributed by atoms with van der Waals surface area (Å²) in [4.78, 5) is 23.4. The van der Waals surface area contributed by atoms with E-state index in [0.717, 1.165) is 57.2 Å². The molecule has 0 spiro atoms. The minimum absolute atomic E-state index is 0.00715. The van der Waals surface area contributed by atoms with E-state index in [4.69, 9.17) is 0 Å². The SMILES string of the molecule is CS(=O)(=O)c1ccc2nc(-c3cccc(C(F)(F)F)c3)c(CN3CCC(N4CCCCC4)CC3)c(C(=O)NC(c3ccccc3)C(F)(F)F)c2c1. The number of alkyl halides is 6. The lowest BCUT2D eigenvalue weighted by atomic mass is 9.93. The molecule has 1 N–H and O–H groups in total. The molecule has 0 bridgehead atoms. The molecule has 272 valence electrons. The monoisotopic (exact) mass is 732 g/mol. The van der Waals surface area contributed by atoms with Gasteiger partial charge < -0.3 is 10.2 Å². The predicted molar refractivity (Wildman–Crippen MR) is 182 cm³/mol. The normalized spacial score (nSPS) is 17.8. The number of benzene rings is 3. The topological polar surface area (TPSA) is 82.6 Å². The van der Waals surface area contributed by atoms with E-state index in [1.807, 2.05) is 4.90 Å². The highest BCUT2D eigenvalue weighted by molar-refractivity contribution is 7.90. The van der Waals surface area contributed by atoms with E-state index in [9.17, 15) is 39.6 Å². The van der Waals surface area contributed by atoms with Gasteiger partial charge in [0.2, 0.25) is 0 Å². The van der Waals surface area contributed by atoms with Crippen molar-refractivity contribution in [3.8, 4) is 11.3 Å². The van der Waals surface area contributed by atoms with Crippen LogP contribution in [0.15, 0.2) is 77.7 Å². The first-order chi connectivity index (χ1) is 24.1. The van der Waals surface area contributed by atoms with Crippen molar-refractivity contribution in [1.29, 1.82) is 0 Å². The van der Waals surface area contributed by atoms with Gasteiger partial charge in [-0.05, 0) is 87.8 Å². The number of carbonyl (C=O) groups excluding carboxylic acids is 1. The molecule has 1 atom stereocenters. The molecule has 2 aliphatic rings. The lowest BCUT2D eigenvalue weighted by molar-refractivity contribution is -0.155. The molecule has 14 heteroatoms. The van der Waals surface area contributed by atoms with Gasteiger partial charge in [0, 0.05) is 35.4 Å². The number of nitrogens with zero attached hydrogens (tertiary/aromatic N) is 3. The molecule has 1 amide bonds. The molecule has 6 rings (SSSR count). The van der Waals surface area contributed by atoms with Crippen molar-refractivity contribution in [2.45, 2.75) is 68.0 Å². The minimum Gasteiger partial charge on any atom is -0.337 e. The number of rotatable bonds is 8. The first-order valence-electron chi connectivity index (χ1n) is 16.8. The molecule has 51 heavy (non-hydrogen) atoms. The molecular weight excluding hydrogens is 694 g/mol. The standard InChI is InChI=1S/C37H38F6N4O3S/c1-51(49,50)28-13-14-31-29(22-28)32(35(48)45-34(37(41,42)43)24-9-4-2-5-10-24)30(33(44-31)25-11-8-12-26(21-25)36(38,39)40)23-46-19-15-27(16-20-46)47-17-6-3-7-18-47/h2,4-5,8-14,21-22,27,34H,3,6-7,15-20,23H2,1H3,(H,45,48). The number of pyridine rings is 1. The van der Waals surface area contributed by atoms with Crippen molar-refractivity contribution in [2.75, 3.05) is 32.4 Å². The zero-order chi connectivity index (χ0) is 36.6. The fourth-order valence-corrected chi connectivity index (χ4v) is 7.81. The number of piperidine rings is 2. The van der Waals surface area contributed by atoms with Crippen LogP contribution in [-0.4, -0.2) is 73.8 Å². The van der Waals surface area contributed by atoms with Crippen LogP contribution in [-0.2, 0) is 22.6 Å². The number of hydrogen-bond donors (Lipinski definition) is 1. The molecule has 0 radical (unpaired) electrons. The van der Waals surface area contributed by atoms with Crippen LogP contribution in [0.4, 0.5) is 26.3 Å². The Hall–Kier alpha value is -4.01. The van der Waals surface area contributed by atoms with Crippen molar-refractivity contribution in [3.63, 3.8) is 0 Å². The number of halogens is 6. The van der Waals surface area contributed by atoms with Crippen molar-refractivity contribution in [3.05, 3.63) is 95.1 Å². The van der Waals surface area contributed by atoms with Crippen molar-refractivity contribution in [2.24, 2.45) is 0 Å². The molecule has 3 aromatic carbocycles. The average molecular weight is 733 g/mol. The third-order valence-corrected chi connectivity index (χ3v) is 10.9. The summed E-state index contributed by atoms with van der Waals surface area (Å²) in [6.07, 6.45) is -3.64. The van der Waals surface area contributed by atoms with Crippen molar-refractivity contribution in [1.82, 2.24) is 20.1 Å². The molecule has 0 aliphatic carbocycles. The van der Waals surface area contributed by atoms with Gasteiger partial charge in [-0.1, -0.05) is 48.9 Å². The Balaban J connectivity index is 1.52. The van der Waals surface area contributed by atoms with Gasteiger partial charge in [0.05, 0.1) is 27.2 Å². The number of fused-ring (bicyclic) bond motifs is 1. The average Bonchev–Trinajstić information content (AvgIpc) is 3.10. The Morgan fingerprint density at radius 2 is 1.57 bits per heavy atom. The Labute approximate surface area is 292 Å². The van der Waals surface area contributed by atoms with Crippen molar-refractivity contribution >= 4 is 26.6 Å². The second-order valence-corrected chi connectivity index (χ2v) is 15.3. The number of carbonyl (C=O) groups is 1. The number of amides is 1. The van der Waals surface area contributed by atoms with Crippen LogP contribution in [0.5, 0.6) is 0 Å². The number of hydrogen-bond acceptors (Lipinski definition) is 6. The fourth-order valence-electron chi connectivity index (χ4n) is 7.16. The van der Waals surface area contributed by atoms with E-state index in [1.54, 1.807) is 0 Å². The zero-order valence-electron chi connectivity index (χ0n) is 27.9. The minimum atomic E-state index is -4.92. The maximum absolute atomic E-state index is 14.6. The van der Waals surface area contributed by atoms with Crippen LogP contribution in [0.3, 0.4) is 0 Å². The highest BCUT2D eigenvalue weighted by Gasteiger charge is 2.43. The van der Waals surface area contributed by atoms with E-state index >= 15 is 0 Å². The zero-order valence-corrected chi connectivity index (χ0v) is 28.7. The number of sulfone groups is 1. The van der Waals surface area contributed by atoms with Gasteiger partial charge in [0.25, 0.3) is 5.91 Å². The van der Waals surface area contributed by atoms with Gasteiger partial charge in [0.1, 0.15) is 0 Å². The van der Waals surface area contributed by atoms with Gasteiger partial charge in [-0.15, -0.1) is 0 Å². The van der Waals surface area contributed by atoms with E-state index in [0.29, 0.717) is 19.1 Å². The van der Waals surface area contributed by atoms with E-state index in [1.165, 1.54) is 67.1 Å². The van der Waals surface area contributed by atoms with Gasteiger partial charge in [-0.3, -0.25) is 9.69 Å². The Kier molecular flexibility index (Phi) is 10.5. The Bertz CT molecular complexity index is 1990. The summed E-state index contributed by atoms with van der Waals surface area (Å²) in [7, 11) is -3.85. The molecule has 7 nitrogen and oxygen atoms in total. The second kappa shape index (κ2) is 14.5. The number of likely N-dealkylation sites (tertiary alicyclic amines) is 2. The molecule has 1 aromatic heterocycles. The lowest BCUT2D eigenvalue weighted by Gasteiger charge is -2.40. The molecule has 4 aromatic rings. The van der Waals surface area contributed by atoms with Crippen molar-refractivity contribution < 1.29 is 39.6 Å². The Morgan fingerprint density at radius 1 is 0.882 bits per heavy atom. The number of nitrogens with one attached hydrogen (secondary N) is 1. The summed E-state index contributed by atoms with van der Waals surface area (Å²) in [5.41, 5.74) is -1.32. The lowest BCUT2D eigenvalue weighted by Crippen LogP contribution is -2.46. The van der Waals surface area contributed by atoms with Gasteiger partial charge in [0.15, 0.2) is 15.9 Å². The van der Waals surface area contributed by atoms with Crippen LogP contribution in [0.25, 0.3) is 22.2 Å². The summed E-state index contributed by atoms with van der Waals surface area (Å²) in [6.45, 7) is 3.14. The molecule has 3 heterocycles. The molecule has 2 fully saturated rings. The third-order valence-electron chi connectivity index (χ3n) is 9.76. The van der Waals surface area contributed by atoms with Gasteiger partial charge in [-0.2, -0.15) is 26.3 Å². The van der Waals surface area contributed by atoms with Gasteiger partial charge in [-0.25, -0.2) is 13.4 Å². The Morgan fingerprint density at radius 3 is 2.20 bits per heavy atom. The summed E-state index contributed by atoms with van der Waals surface area (Å²) < 4.78 is 111. The quantitative estimate of drug-likeness (QED) is 0.186. The fraction of sp³-hybridized carbons (Fsp3) is 0.405. The van der Waals surface area contributed by atoms with Gasteiger partial charge >= 0.3 is 12.4 Å². The highest BCUT2D eigenvalue weighted by Crippen LogP contribution is 2.38. The summed E-state index contributed by atoms with van der Waals surface area (Å²) in [5, 5.41) is 2.11. The molecule has 1 unspecified atom stereocenters. The number of aromatic nitrogens is 1. The predicted octanol–water partition coefficient (Wildman–Crippen LogP) is 7.81. The van der Waals surface area contributed by atoms with E-state index in [-0.39, 0.29) is 50.3 Å². The maximum atomic E-state index is 14.6. The molecule has 2 aliphatic heterocycles. The molecule has 0 saturated carbocycles. The van der Waals surface area contributed by atoms with Crippen LogP contribution >= 0.6 is 0 Å². The molecule has 2 saturated heterocycles. The van der Waals surface area contributed by atoms with Crippen LogP contribution < -0.4 is 5.32 Å². The largest absolute Gasteiger partial charge is 0.416 e. The maximum Gasteiger partial charge on any atom is 0.416 e. The first-order valence-corrected chi connectivity index (χ1v) is 18.7. The summed E-state index contributed by atoms with van der Waals surface area (Å²) in [6, 6.07) is 12.9. The van der Waals surface area contributed by atoms with Crippen LogP contribution in [0.2, 0.25) is 0 Å². The second-order valence-electron chi connectivity index (χ2n) is 13.3. The van der Waals surface area contributed by atoms with Crippen LogP contribution in [0, 0.1) is 0 Å². The van der Waals surface area contributed by atoms with E-state index in [2.05, 4.69) is 15.2 Å². The third kappa shape index (κ3) is 8.39. The molecular formula is C37H38F6N4O3S. The van der Waals surface area contributed by atoms with E-state index < -0.39 is 39.7 Å². The summed E-state index contributed by atoms with van der Waals surface area (Å²) >= 11 is 0.